The van der Waals surface area contributed by atoms with E-state index in [0.717, 1.165) is 29.0 Å². The molecule has 0 saturated carbocycles. The number of hydrogen-bond acceptors (Lipinski definition) is 4. The van der Waals surface area contributed by atoms with Crippen LogP contribution in [0.15, 0.2) is 53.9 Å². The van der Waals surface area contributed by atoms with Crippen molar-refractivity contribution in [2.75, 3.05) is 5.32 Å². The standard InChI is InChI=1S/C21H16F2N4OS/c1-12-3-5-14(6-4-12)18-11-29-21(24-18)27-19(9-13(2)26-27)25-20(28)16-8-7-15(22)10-17(16)23/h3-11H,1-2H3,(H,25,28). The highest BCUT2D eigenvalue weighted by molar-refractivity contribution is 7.12. The van der Waals surface area contributed by atoms with E-state index in [9.17, 15) is 13.6 Å². The molecule has 1 amide bonds. The molecule has 0 fully saturated rings. The number of anilines is 1. The number of aromatic nitrogens is 3. The molecule has 0 aliphatic carbocycles. The van der Waals surface area contributed by atoms with Gasteiger partial charge in [0.05, 0.1) is 17.0 Å². The van der Waals surface area contributed by atoms with Gasteiger partial charge in [-0.2, -0.15) is 9.78 Å². The quantitative estimate of drug-likeness (QED) is 0.507. The predicted octanol–water partition coefficient (Wildman–Crippen LogP) is 5.14. The molecule has 0 bridgehead atoms. The maximum Gasteiger partial charge on any atom is 0.259 e. The highest BCUT2D eigenvalue weighted by Gasteiger charge is 2.18. The summed E-state index contributed by atoms with van der Waals surface area (Å²) in [5, 5.41) is 9.47. The van der Waals surface area contributed by atoms with E-state index in [1.54, 1.807) is 13.0 Å². The summed E-state index contributed by atoms with van der Waals surface area (Å²) < 4.78 is 28.5. The lowest BCUT2D eigenvalue weighted by atomic mass is 10.1. The number of rotatable bonds is 4. The summed E-state index contributed by atoms with van der Waals surface area (Å²) >= 11 is 1.37. The van der Waals surface area contributed by atoms with E-state index >= 15 is 0 Å². The average molecular weight is 410 g/mol. The van der Waals surface area contributed by atoms with Crippen LogP contribution in [-0.4, -0.2) is 20.7 Å². The molecular weight excluding hydrogens is 394 g/mol. The number of carbonyl (C=O) groups excluding carboxylic acids is 1. The second kappa shape index (κ2) is 7.56. The smallest absolute Gasteiger partial charge is 0.259 e. The number of nitrogens with zero attached hydrogens (tertiary/aromatic N) is 3. The molecular formula is C21H16F2N4OS. The van der Waals surface area contributed by atoms with Crippen LogP contribution in [0.5, 0.6) is 0 Å². The minimum absolute atomic E-state index is 0.253. The maximum atomic E-state index is 13.9. The molecule has 4 rings (SSSR count). The number of benzene rings is 2. The van der Waals surface area contributed by atoms with Crippen molar-refractivity contribution in [3.63, 3.8) is 0 Å². The van der Waals surface area contributed by atoms with Crippen LogP contribution in [0.1, 0.15) is 21.6 Å². The van der Waals surface area contributed by atoms with E-state index in [1.165, 1.54) is 16.0 Å². The number of thiazole rings is 1. The molecule has 2 aromatic carbocycles. The van der Waals surface area contributed by atoms with E-state index in [1.807, 2.05) is 36.6 Å². The van der Waals surface area contributed by atoms with Gasteiger partial charge < -0.3 is 5.32 Å². The Bertz CT molecular complexity index is 1200. The van der Waals surface area contributed by atoms with E-state index in [-0.39, 0.29) is 5.56 Å². The Kier molecular flexibility index (Phi) is 4.94. The first-order chi connectivity index (χ1) is 13.9. The van der Waals surface area contributed by atoms with Gasteiger partial charge in [-0.05, 0) is 26.0 Å². The van der Waals surface area contributed by atoms with E-state index in [2.05, 4.69) is 15.4 Å². The van der Waals surface area contributed by atoms with Crippen LogP contribution in [0.2, 0.25) is 0 Å². The van der Waals surface area contributed by atoms with Crippen LogP contribution in [-0.2, 0) is 0 Å². The molecule has 5 nitrogen and oxygen atoms in total. The number of aryl methyl sites for hydroxylation is 2. The Labute approximate surface area is 169 Å². The molecule has 146 valence electrons. The monoisotopic (exact) mass is 410 g/mol. The van der Waals surface area contributed by atoms with E-state index in [0.29, 0.717) is 22.7 Å². The van der Waals surface area contributed by atoms with Gasteiger partial charge in [-0.15, -0.1) is 11.3 Å². The lowest BCUT2D eigenvalue weighted by molar-refractivity contribution is 0.102. The second-order valence-corrected chi connectivity index (χ2v) is 7.38. The fraction of sp³-hybridized carbons (Fsp3) is 0.0952. The first-order valence-corrected chi connectivity index (χ1v) is 9.65. The van der Waals surface area contributed by atoms with Crippen molar-refractivity contribution in [3.05, 3.63) is 82.4 Å². The molecule has 8 heteroatoms. The van der Waals surface area contributed by atoms with Crippen LogP contribution in [0.25, 0.3) is 16.4 Å². The fourth-order valence-electron chi connectivity index (χ4n) is 2.81. The topological polar surface area (TPSA) is 59.8 Å². The van der Waals surface area contributed by atoms with Gasteiger partial charge in [-0.3, -0.25) is 4.79 Å². The highest BCUT2D eigenvalue weighted by atomic mass is 32.1. The number of amides is 1. The van der Waals surface area contributed by atoms with Crippen molar-refractivity contribution in [1.82, 2.24) is 14.8 Å². The molecule has 29 heavy (non-hydrogen) atoms. The SMILES string of the molecule is Cc1ccc(-c2csc(-n3nc(C)cc3NC(=O)c3ccc(F)cc3F)n2)cc1. The molecule has 2 heterocycles. The van der Waals surface area contributed by atoms with Gasteiger partial charge in [0.15, 0.2) is 0 Å². The summed E-state index contributed by atoms with van der Waals surface area (Å²) in [6.07, 6.45) is 0. The van der Waals surface area contributed by atoms with Crippen LogP contribution in [0.3, 0.4) is 0 Å². The molecule has 0 radical (unpaired) electrons. The first-order valence-electron chi connectivity index (χ1n) is 8.77. The van der Waals surface area contributed by atoms with Crippen LogP contribution in [0, 0.1) is 25.5 Å². The normalized spacial score (nSPS) is 10.9. The van der Waals surface area contributed by atoms with Gasteiger partial charge in [0, 0.05) is 23.1 Å². The largest absolute Gasteiger partial charge is 0.306 e. The summed E-state index contributed by atoms with van der Waals surface area (Å²) in [6.45, 7) is 3.79. The van der Waals surface area contributed by atoms with Gasteiger partial charge >= 0.3 is 0 Å². The van der Waals surface area contributed by atoms with Crippen molar-refractivity contribution in [2.24, 2.45) is 0 Å². The van der Waals surface area contributed by atoms with Crippen molar-refractivity contribution >= 4 is 23.1 Å². The van der Waals surface area contributed by atoms with Crippen molar-refractivity contribution in [2.45, 2.75) is 13.8 Å². The summed E-state index contributed by atoms with van der Waals surface area (Å²) in [5.74, 6) is -2.02. The molecule has 0 aliphatic heterocycles. The average Bonchev–Trinajstić information content (AvgIpc) is 3.29. The van der Waals surface area contributed by atoms with Crippen molar-refractivity contribution in [1.29, 1.82) is 0 Å². The van der Waals surface area contributed by atoms with Crippen LogP contribution < -0.4 is 5.32 Å². The van der Waals surface area contributed by atoms with Gasteiger partial charge in [0.2, 0.25) is 5.13 Å². The lowest BCUT2D eigenvalue weighted by Crippen LogP contribution is -2.16. The second-order valence-electron chi connectivity index (χ2n) is 6.54. The first kappa shape index (κ1) is 18.9. The van der Waals surface area contributed by atoms with Crippen LogP contribution in [0.4, 0.5) is 14.6 Å². The van der Waals surface area contributed by atoms with Crippen LogP contribution >= 0.6 is 11.3 Å². The summed E-state index contributed by atoms with van der Waals surface area (Å²) in [6, 6.07) is 12.5. The number of carbonyl (C=O) groups is 1. The zero-order valence-electron chi connectivity index (χ0n) is 15.6. The maximum absolute atomic E-state index is 13.9. The Morgan fingerprint density at radius 1 is 1.07 bits per heavy atom. The van der Waals surface area contributed by atoms with E-state index in [4.69, 9.17) is 0 Å². The van der Waals surface area contributed by atoms with Gasteiger partial charge in [-0.1, -0.05) is 29.8 Å². The Balaban J connectivity index is 1.63. The summed E-state index contributed by atoms with van der Waals surface area (Å²) in [5.41, 5.74) is 3.33. The molecule has 1 N–H and O–H groups in total. The summed E-state index contributed by atoms with van der Waals surface area (Å²) in [4.78, 5) is 17.1. The van der Waals surface area contributed by atoms with Gasteiger partial charge in [-0.25, -0.2) is 13.8 Å². The number of hydrogen-bond donors (Lipinski definition) is 1. The third-order valence-corrected chi connectivity index (χ3v) is 5.09. The third kappa shape index (κ3) is 3.93. The Morgan fingerprint density at radius 2 is 1.83 bits per heavy atom. The fourth-order valence-corrected chi connectivity index (χ4v) is 3.61. The molecule has 2 aromatic heterocycles. The molecule has 0 unspecified atom stereocenters. The molecule has 0 spiro atoms. The zero-order chi connectivity index (χ0) is 20.5. The molecule has 0 atom stereocenters. The third-order valence-electron chi connectivity index (χ3n) is 4.27. The minimum Gasteiger partial charge on any atom is -0.306 e. The zero-order valence-corrected chi connectivity index (χ0v) is 16.4. The Hall–Kier alpha value is -3.39. The van der Waals surface area contributed by atoms with Gasteiger partial charge in [0.1, 0.15) is 17.5 Å². The minimum atomic E-state index is -0.929. The highest BCUT2D eigenvalue weighted by Crippen LogP contribution is 2.27. The van der Waals surface area contributed by atoms with E-state index < -0.39 is 17.5 Å². The number of halogens is 2. The lowest BCUT2D eigenvalue weighted by Gasteiger charge is -2.07. The van der Waals surface area contributed by atoms with Crippen molar-refractivity contribution < 1.29 is 13.6 Å². The predicted molar refractivity (Wildman–Crippen MR) is 108 cm³/mol. The number of nitrogens with one attached hydrogen (secondary N) is 1. The van der Waals surface area contributed by atoms with Gasteiger partial charge in [0.25, 0.3) is 5.91 Å². The molecule has 0 aliphatic rings. The Morgan fingerprint density at radius 3 is 2.55 bits per heavy atom. The molecule has 0 saturated heterocycles. The molecule has 4 aromatic rings. The van der Waals surface area contributed by atoms with Crippen molar-refractivity contribution in [3.8, 4) is 16.4 Å². The summed E-state index contributed by atoms with van der Waals surface area (Å²) in [7, 11) is 0.